The maximum absolute atomic E-state index is 10.0. The lowest BCUT2D eigenvalue weighted by atomic mass is 10.2. The Bertz CT molecular complexity index is 608. The SMILES string of the molecule is COc1ccc(C=CC=CC=CC=CC=CC=O)cc1SC. The Morgan fingerprint density at radius 3 is 2.05 bits per heavy atom. The molecule has 0 bridgehead atoms. The average molecular weight is 312 g/mol. The van der Waals surface area contributed by atoms with Gasteiger partial charge in [0.25, 0.3) is 0 Å². The van der Waals surface area contributed by atoms with Gasteiger partial charge in [-0.25, -0.2) is 0 Å². The van der Waals surface area contributed by atoms with Gasteiger partial charge in [-0.05, 0) is 30.0 Å². The molecular formula is C19H20O2S. The molecule has 22 heavy (non-hydrogen) atoms. The van der Waals surface area contributed by atoms with E-state index < -0.39 is 0 Å². The lowest BCUT2D eigenvalue weighted by Gasteiger charge is -2.06. The van der Waals surface area contributed by atoms with Crippen molar-refractivity contribution >= 4 is 24.1 Å². The maximum atomic E-state index is 10.0. The lowest BCUT2D eigenvalue weighted by Crippen LogP contribution is -1.86. The standard InChI is InChI=1S/C19H20O2S/c1-21-18-14-13-17(16-19(18)22-2)12-10-8-6-4-3-5-7-9-11-15-20/h3-16H,1-2H3. The van der Waals surface area contributed by atoms with Gasteiger partial charge in [0.2, 0.25) is 0 Å². The van der Waals surface area contributed by atoms with Gasteiger partial charge in [-0.15, -0.1) is 11.8 Å². The number of ether oxygens (including phenoxy) is 1. The van der Waals surface area contributed by atoms with E-state index in [1.54, 1.807) is 31.0 Å². The van der Waals surface area contributed by atoms with Crippen LogP contribution >= 0.6 is 11.8 Å². The van der Waals surface area contributed by atoms with E-state index in [4.69, 9.17) is 4.74 Å². The molecular weight excluding hydrogens is 292 g/mol. The summed E-state index contributed by atoms with van der Waals surface area (Å²) in [5.74, 6) is 0.901. The fraction of sp³-hybridized carbons (Fsp3) is 0.105. The summed E-state index contributed by atoms with van der Waals surface area (Å²) >= 11 is 1.67. The first-order valence-corrected chi connectivity index (χ1v) is 8.05. The number of carbonyl (C=O) groups is 1. The third kappa shape index (κ3) is 6.95. The van der Waals surface area contributed by atoms with Gasteiger partial charge >= 0.3 is 0 Å². The number of rotatable bonds is 8. The summed E-state index contributed by atoms with van der Waals surface area (Å²) in [5, 5.41) is 0. The minimum absolute atomic E-state index is 0.750. The van der Waals surface area contributed by atoms with Crippen molar-refractivity contribution < 1.29 is 9.53 Å². The lowest BCUT2D eigenvalue weighted by molar-refractivity contribution is -0.104. The fourth-order valence-electron chi connectivity index (χ4n) is 1.62. The molecule has 0 saturated carbocycles. The van der Waals surface area contributed by atoms with Crippen LogP contribution < -0.4 is 4.74 Å². The van der Waals surface area contributed by atoms with Crippen LogP contribution in [0.5, 0.6) is 5.75 Å². The Balaban J connectivity index is 2.53. The van der Waals surface area contributed by atoms with Gasteiger partial charge in [-0.2, -0.15) is 0 Å². The Morgan fingerprint density at radius 1 is 0.909 bits per heavy atom. The Morgan fingerprint density at radius 2 is 1.50 bits per heavy atom. The molecule has 114 valence electrons. The summed E-state index contributed by atoms with van der Waals surface area (Å²) in [6.45, 7) is 0. The fourth-order valence-corrected chi connectivity index (χ4v) is 2.22. The van der Waals surface area contributed by atoms with Gasteiger partial charge in [-0.1, -0.05) is 60.8 Å². The van der Waals surface area contributed by atoms with Crippen LogP contribution in [-0.2, 0) is 4.79 Å². The van der Waals surface area contributed by atoms with Crippen molar-refractivity contribution in [2.45, 2.75) is 4.90 Å². The molecule has 1 rings (SSSR count). The van der Waals surface area contributed by atoms with Crippen LogP contribution in [0.25, 0.3) is 6.08 Å². The number of allylic oxidation sites excluding steroid dienone is 9. The molecule has 0 saturated heterocycles. The second-order valence-electron chi connectivity index (χ2n) is 4.15. The molecule has 0 spiro atoms. The monoisotopic (exact) mass is 312 g/mol. The molecule has 0 aliphatic carbocycles. The Labute approximate surface area is 136 Å². The quantitative estimate of drug-likeness (QED) is 0.297. The molecule has 3 heteroatoms. The van der Waals surface area contributed by atoms with Gasteiger partial charge in [0.05, 0.1) is 7.11 Å². The second-order valence-corrected chi connectivity index (χ2v) is 5.00. The summed E-state index contributed by atoms with van der Waals surface area (Å²) in [5.41, 5.74) is 1.14. The molecule has 0 heterocycles. The third-order valence-electron chi connectivity index (χ3n) is 2.66. The highest BCUT2D eigenvalue weighted by molar-refractivity contribution is 7.98. The molecule has 0 aromatic heterocycles. The van der Waals surface area contributed by atoms with Crippen LogP contribution in [0.4, 0.5) is 0 Å². The van der Waals surface area contributed by atoms with Gasteiger partial charge in [0.1, 0.15) is 12.0 Å². The molecule has 1 aromatic rings. The summed E-state index contributed by atoms with van der Waals surface area (Å²) in [6, 6.07) is 6.11. The van der Waals surface area contributed by atoms with Crippen LogP contribution in [0.2, 0.25) is 0 Å². The molecule has 0 aliphatic rings. The number of benzene rings is 1. The predicted octanol–water partition coefficient (Wildman–Crippen LogP) is 4.85. The van der Waals surface area contributed by atoms with E-state index in [1.807, 2.05) is 60.9 Å². The Hall–Kier alpha value is -2.26. The van der Waals surface area contributed by atoms with Gasteiger partial charge in [-0.3, -0.25) is 4.79 Å². The van der Waals surface area contributed by atoms with Crippen molar-refractivity contribution in [1.82, 2.24) is 0 Å². The Kier molecular flexibility index (Phi) is 9.22. The van der Waals surface area contributed by atoms with Crippen molar-refractivity contribution in [3.63, 3.8) is 0 Å². The van der Waals surface area contributed by atoms with Crippen molar-refractivity contribution in [3.05, 3.63) is 78.4 Å². The normalized spacial score (nSPS) is 12.5. The number of aldehydes is 1. The second kappa shape index (κ2) is 11.4. The van der Waals surface area contributed by atoms with Crippen LogP contribution in [0.15, 0.2) is 77.8 Å². The van der Waals surface area contributed by atoms with Crippen LogP contribution in [0.1, 0.15) is 5.56 Å². The van der Waals surface area contributed by atoms with Gasteiger partial charge in [0, 0.05) is 4.90 Å². The summed E-state index contributed by atoms with van der Waals surface area (Å²) < 4.78 is 5.30. The average Bonchev–Trinajstić information content (AvgIpc) is 2.56. The molecule has 2 nitrogen and oxygen atoms in total. The number of carbonyl (C=O) groups excluding carboxylic acids is 1. The van der Waals surface area contributed by atoms with Crippen molar-refractivity contribution in [2.24, 2.45) is 0 Å². The van der Waals surface area contributed by atoms with Crippen molar-refractivity contribution in [2.75, 3.05) is 13.4 Å². The first-order chi connectivity index (χ1) is 10.8. The molecule has 0 N–H and O–H groups in total. The minimum Gasteiger partial charge on any atom is -0.496 e. The molecule has 0 unspecified atom stereocenters. The van der Waals surface area contributed by atoms with E-state index in [9.17, 15) is 4.79 Å². The zero-order valence-electron chi connectivity index (χ0n) is 12.8. The zero-order valence-corrected chi connectivity index (χ0v) is 13.6. The largest absolute Gasteiger partial charge is 0.496 e. The summed E-state index contributed by atoms with van der Waals surface area (Å²) in [6.07, 6.45) is 21.4. The van der Waals surface area contributed by atoms with E-state index in [2.05, 4.69) is 6.07 Å². The highest BCUT2D eigenvalue weighted by Gasteiger charge is 2.00. The van der Waals surface area contributed by atoms with Crippen LogP contribution in [-0.4, -0.2) is 19.7 Å². The molecule has 0 atom stereocenters. The van der Waals surface area contributed by atoms with Crippen LogP contribution in [0.3, 0.4) is 0 Å². The first-order valence-electron chi connectivity index (χ1n) is 6.82. The molecule has 0 aliphatic heterocycles. The van der Waals surface area contributed by atoms with E-state index in [-0.39, 0.29) is 0 Å². The highest BCUT2D eigenvalue weighted by Crippen LogP contribution is 2.28. The third-order valence-corrected chi connectivity index (χ3v) is 3.42. The van der Waals surface area contributed by atoms with Gasteiger partial charge in [0.15, 0.2) is 0 Å². The topological polar surface area (TPSA) is 26.3 Å². The van der Waals surface area contributed by atoms with Gasteiger partial charge < -0.3 is 4.74 Å². The van der Waals surface area contributed by atoms with E-state index in [0.717, 1.165) is 22.5 Å². The van der Waals surface area contributed by atoms with E-state index in [1.165, 1.54) is 6.08 Å². The highest BCUT2D eigenvalue weighted by atomic mass is 32.2. The molecule has 0 fully saturated rings. The van der Waals surface area contributed by atoms with Crippen molar-refractivity contribution in [3.8, 4) is 5.75 Å². The molecule has 1 aromatic carbocycles. The zero-order chi connectivity index (χ0) is 16.0. The summed E-state index contributed by atoms with van der Waals surface area (Å²) in [4.78, 5) is 11.2. The number of hydrogen-bond donors (Lipinski definition) is 0. The van der Waals surface area contributed by atoms with Crippen LogP contribution in [0, 0.1) is 0 Å². The number of hydrogen-bond acceptors (Lipinski definition) is 3. The van der Waals surface area contributed by atoms with Crippen molar-refractivity contribution in [1.29, 1.82) is 0 Å². The minimum atomic E-state index is 0.750. The maximum Gasteiger partial charge on any atom is 0.142 e. The number of methoxy groups -OCH3 is 1. The predicted molar refractivity (Wildman–Crippen MR) is 96.4 cm³/mol. The first kappa shape index (κ1) is 17.8. The molecule has 0 amide bonds. The smallest absolute Gasteiger partial charge is 0.142 e. The summed E-state index contributed by atoms with van der Waals surface area (Å²) in [7, 11) is 1.68. The van der Waals surface area contributed by atoms with E-state index >= 15 is 0 Å². The van der Waals surface area contributed by atoms with E-state index in [0.29, 0.717) is 0 Å². The molecule has 0 radical (unpaired) electrons. The number of thioether (sulfide) groups is 1.